The van der Waals surface area contributed by atoms with Crippen molar-refractivity contribution in [1.82, 2.24) is 19.6 Å². The number of carbonyl (C=O) groups excluding carboxylic acids is 1. The predicted molar refractivity (Wildman–Crippen MR) is 111 cm³/mol. The quantitative estimate of drug-likeness (QED) is 0.486. The Bertz CT molecular complexity index is 1360. The topological polar surface area (TPSA) is 69.4 Å². The van der Waals surface area contributed by atoms with Gasteiger partial charge in [-0.3, -0.25) is 4.79 Å². The molecule has 0 bridgehead atoms. The van der Waals surface area contributed by atoms with Crippen LogP contribution in [0.25, 0.3) is 17.0 Å². The first-order valence-corrected chi connectivity index (χ1v) is 10.2. The molecule has 1 aliphatic carbocycles. The highest BCUT2D eigenvalue weighted by molar-refractivity contribution is 6.00. The molecule has 1 aliphatic heterocycles. The monoisotopic (exact) mass is 412 g/mol. The molecule has 6 rings (SSSR count). The van der Waals surface area contributed by atoms with Gasteiger partial charge in [-0.1, -0.05) is 30.3 Å². The lowest BCUT2D eigenvalue weighted by Gasteiger charge is -2.31. The summed E-state index contributed by atoms with van der Waals surface area (Å²) in [5, 5.41) is 4.54. The van der Waals surface area contributed by atoms with E-state index >= 15 is 0 Å². The molecule has 4 aromatic rings. The first-order chi connectivity index (χ1) is 15.2. The average molecular weight is 412 g/mol. The van der Waals surface area contributed by atoms with Crippen LogP contribution in [0.2, 0.25) is 0 Å². The van der Waals surface area contributed by atoms with E-state index in [1.54, 1.807) is 23.0 Å². The fourth-order valence-electron chi connectivity index (χ4n) is 4.42. The van der Waals surface area contributed by atoms with E-state index in [9.17, 15) is 9.18 Å². The van der Waals surface area contributed by atoms with Gasteiger partial charge in [0.15, 0.2) is 17.3 Å². The molecule has 152 valence electrons. The molecule has 2 aliphatic rings. The number of benzene rings is 2. The van der Waals surface area contributed by atoms with E-state index in [1.807, 2.05) is 30.3 Å². The van der Waals surface area contributed by atoms with Crippen molar-refractivity contribution in [1.29, 1.82) is 0 Å². The number of fused-ring (bicyclic) bond motifs is 3. The van der Waals surface area contributed by atoms with Crippen LogP contribution in [0.3, 0.4) is 0 Å². The van der Waals surface area contributed by atoms with Gasteiger partial charge in [0.1, 0.15) is 17.9 Å². The molecule has 7 heteroatoms. The van der Waals surface area contributed by atoms with E-state index < -0.39 is 0 Å². The zero-order valence-corrected chi connectivity index (χ0v) is 16.5. The molecule has 0 unspecified atom stereocenters. The Morgan fingerprint density at radius 3 is 2.65 bits per heavy atom. The van der Waals surface area contributed by atoms with Gasteiger partial charge in [-0.25, -0.2) is 18.9 Å². The van der Waals surface area contributed by atoms with Gasteiger partial charge in [0.25, 0.3) is 0 Å². The Labute approximate surface area is 177 Å². The predicted octanol–water partition coefficient (Wildman–Crippen LogP) is 4.46. The van der Waals surface area contributed by atoms with Gasteiger partial charge in [0.2, 0.25) is 5.88 Å². The number of halogens is 1. The lowest BCUT2D eigenvalue weighted by molar-refractivity contribution is -0.116. The summed E-state index contributed by atoms with van der Waals surface area (Å²) in [6, 6.07) is 15.9. The highest BCUT2D eigenvalue weighted by Gasteiger charge is 2.39. The molecule has 2 aromatic heterocycles. The maximum Gasteiger partial charge on any atom is 0.228 e. The number of carbonyl (C=O) groups is 1. The highest BCUT2D eigenvalue weighted by atomic mass is 19.1. The lowest BCUT2D eigenvalue weighted by atomic mass is 9.78. The van der Waals surface area contributed by atoms with Crippen LogP contribution in [0, 0.1) is 5.82 Å². The molecular weight excluding hydrogens is 395 g/mol. The molecule has 6 nitrogen and oxygen atoms in total. The third-order valence-corrected chi connectivity index (χ3v) is 5.83. The molecule has 0 saturated carbocycles. The van der Waals surface area contributed by atoms with Crippen molar-refractivity contribution in [2.24, 2.45) is 0 Å². The number of allylic oxidation sites excluding steroid dienone is 2. The number of ether oxygens (including phenoxy) is 1. The van der Waals surface area contributed by atoms with Crippen molar-refractivity contribution in [3.8, 4) is 17.3 Å². The second-order valence-corrected chi connectivity index (χ2v) is 7.73. The van der Waals surface area contributed by atoms with Crippen LogP contribution >= 0.6 is 0 Å². The zero-order chi connectivity index (χ0) is 20.9. The van der Waals surface area contributed by atoms with E-state index in [2.05, 4.69) is 10.1 Å². The van der Waals surface area contributed by atoms with Crippen LogP contribution in [0.4, 0.5) is 4.39 Å². The normalized spacial score (nSPS) is 18.0. The minimum absolute atomic E-state index is 0.0982. The van der Waals surface area contributed by atoms with E-state index in [1.165, 1.54) is 12.1 Å². The third-order valence-electron chi connectivity index (χ3n) is 5.83. The molecule has 0 radical (unpaired) electrons. The van der Waals surface area contributed by atoms with E-state index in [4.69, 9.17) is 9.72 Å². The Morgan fingerprint density at radius 1 is 1.03 bits per heavy atom. The average Bonchev–Trinajstić information content (AvgIpc) is 3.23. The maximum atomic E-state index is 13.4. The fourth-order valence-corrected chi connectivity index (χ4v) is 4.42. The lowest BCUT2D eigenvalue weighted by Crippen LogP contribution is -2.26. The Balaban J connectivity index is 1.60. The molecule has 2 aromatic carbocycles. The summed E-state index contributed by atoms with van der Waals surface area (Å²) >= 11 is 0. The number of hydrogen-bond donors (Lipinski definition) is 0. The minimum Gasteiger partial charge on any atom is -0.442 e. The van der Waals surface area contributed by atoms with Gasteiger partial charge in [-0.2, -0.15) is 0 Å². The van der Waals surface area contributed by atoms with Crippen molar-refractivity contribution in [3.63, 3.8) is 0 Å². The smallest absolute Gasteiger partial charge is 0.228 e. The summed E-state index contributed by atoms with van der Waals surface area (Å²) in [5.41, 5.74) is 3.66. The number of hydrogen-bond acceptors (Lipinski definition) is 5. The number of aromatic nitrogens is 4. The standard InChI is InChI=1S/C24H17FN4O2/c25-16-11-9-15(10-12-16)22-27-23-21-19(14-5-2-1-3-6-14)20-17(30)7-4-8-18(20)31-24(21)26-13-29(23)28-22/h1-3,5-6,9-13,19H,4,7-8H2/t19-/m1/s1. The number of nitrogens with zero attached hydrogens (tertiary/aromatic N) is 4. The molecule has 0 saturated heterocycles. The van der Waals surface area contributed by atoms with Crippen molar-refractivity contribution in [2.75, 3.05) is 0 Å². The van der Waals surface area contributed by atoms with E-state index in [0.29, 0.717) is 47.1 Å². The molecule has 0 spiro atoms. The van der Waals surface area contributed by atoms with Crippen LogP contribution in [-0.4, -0.2) is 25.4 Å². The molecule has 1 atom stereocenters. The Hall–Kier alpha value is -3.87. The van der Waals surface area contributed by atoms with Gasteiger partial charge < -0.3 is 4.74 Å². The van der Waals surface area contributed by atoms with Gasteiger partial charge in [-0.15, -0.1) is 5.10 Å². The molecular formula is C24H17FN4O2. The molecule has 0 amide bonds. The first-order valence-electron chi connectivity index (χ1n) is 10.2. The van der Waals surface area contributed by atoms with Gasteiger partial charge in [0, 0.05) is 29.9 Å². The molecule has 3 heterocycles. The zero-order valence-electron chi connectivity index (χ0n) is 16.5. The highest BCUT2D eigenvalue weighted by Crippen LogP contribution is 2.47. The number of Topliss-reactive ketones (excluding diaryl/α,β-unsaturated/α-hetero) is 1. The van der Waals surface area contributed by atoms with E-state index in [-0.39, 0.29) is 17.5 Å². The van der Waals surface area contributed by atoms with Crippen molar-refractivity contribution in [3.05, 3.63) is 89.2 Å². The van der Waals surface area contributed by atoms with Crippen LogP contribution in [-0.2, 0) is 4.79 Å². The number of rotatable bonds is 2. The summed E-state index contributed by atoms with van der Waals surface area (Å²) in [5.74, 6) is 1.06. The van der Waals surface area contributed by atoms with Gasteiger partial charge in [0.05, 0.1) is 5.56 Å². The molecule has 31 heavy (non-hydrogen) atoms. The van der Waals surface area contributed by atoms with Gasteiger partial charge >= 0.3 is 0 Å². The summed E-state index contributed by atoms with van der Waals surface area (Å²) in [7, 11) is 0. The van der Waals surface area contributed by atoms with Crippen LogP contribution < -0.4 is 4.74 Å². The third kappa shape index (κ3) is 2.84. The molecule has 0 fully saturated rings. The second-order valence-electron chi connectivity index (χ2n) is 7.73. The van der Waals surface area contributed by atoms with Crippen LogP contribution in [0.1, 0.15) is 36.3 Å². The van der Waals surface area contributed by atoms with Crippen molar-refractivity contribution in [2.45, 2.75) is 25.2 Å². The van der Waals surface area contributed by atoms with Crippen molar-refractivity contribution >= 4 is 11.4 Å². The maximum absolute atomic E-state index is 13.4. The van der Waals surface area contributed by atoms with Crippen LogP contribution in [0.5, 0.6) is 5.88 Å². The molecule has 0 N–H and O–H groups in total. The summed E-state index contributed by atoms with van der Waals surface area (Å²) in [6.45, 7) is 0. The summed E-state index contributed by atoms with van der Waals surface area (Å²) < 4.78 is 21.1. The Kier molecular flexibility index (Phi) is 3.96. The van der Waals surface area contributed by atoms with Crippen molar-refractivity contribution < 1.29 is 13.9 Å². The van der Waals surface area contributed by atoms with Crippen LogP contribution in [0.15, 0.2) is 72.3 Å². The number of ketones is 1. The summed E-state index contributed by atoms with van der Waals surface area (Å²) in [6.07, 6.45) is 3.55. The fraction of sp³-hybridized carbons (Fsp3) is 0.167. The SMILES string of the molecule is O=C1CCCC2=C1[C@@H](c1ccccc1)c1c(ncn3nc(-c4ccc(F)cc4)nc13)O2. The second kappa shape index (κ2) is 6.84. The largest absolute Gasteiger partial charge is 0.442 e. The Morgan fingerprint density at radius 2 is 1.84 bits per heavy atom. The minimum atomic E-state index is -0.325. The summed E-state index contributed by atoms with van der Waals surface area (Å²) in [4.78, 5) is 22.2. The first kappa shape index (κ1) is 17.9. The van der Waals surface area contributed by atoms with Gasteiger partial charge in [-0.05, 0) is 36.2 Å². The van der Waals surface area contributed by atoms with E-state index in [0.717, 1.165) is 17.5 Å².